The zero-order valence-electron chi connectivity index (χ0n) is 5.30. The van der Waals surface area contributed by atoms with Gasteiger partial charge in [0.1, 0.15) is 0 Å². The second-order valence-corrected chi connectivity index (χ2v) is 1.67. The molecule has 0 rings (SSSR count). The standard InChI is InChI=1S/C3H6O2S.2Na/c1-2(6)3(4)5;;/h2,6H,1H3,(H,4,5);;/q;2*+1/p-2/t2-;;/m1../s1. The van der Waals surface area contributed by atoms with Crippen molar-refractivity contribution in [1.29, 1.82) is 0 Å². The van der Waals surface area contributed by atoms with Crippen LogP contribution in [-0.2, 0) is 17.4 Å². The van der Waals surface area contributed by atoms with E-state index in [1.165, 1.54) is 6.92 Å². The third-order valence-corrected chi connectivity index (χ3v) is 0.524. The number of carboxylic acid groups (broad SMARTS) is 1. The molecular weight excluding hydrogens is 146 g/mol. The van der Waals surface area contributed by atoms with E-state index in [2.05, 4.69) is 12.6 Å². The van der Waals surface area contributed by atoms with Crippen LogP contribution in [-0.4, -0.2) is 11.2 Å². The Morgan fingerprint density at radius 3 is 1.75 bits per heavy atom. The largest absolute Gasteiger partial charge is 1.00 e. The molecule has 0 unspecified atom stereocenters. The molecule has 0 aromatic rings. The molecule has 0 saturated heterocycles. The van der Waals surface area contributed by atoms with E-state index in [4.69, 9.17) is 0 Å². The third kappa shape index (κ3) is 10.7. The maximum absolute atomic E-state index is 9.48. The van der Waals surface area contributed by atoms with Gasteiger partial charge in [0.15, 0.2) is 0 Å². The van der Waals surface area contributed by atoms with E-state index in [9.17, 15) is 9.90 Å². The number of carboxylic acids is 1. The summed E-state index contributed by atoms with van der Waals surface area (Å²) in [6.45, 7) is 1.39. The minimum Gasteiger partial charge on any atom is -0.784 e. The number of carbonyl (C=O) groups is 1. The molecule has 2 nitrogen and oxygen atoms in total. The van der Waals surface area contributed by atoms with E-state index < -0.39 is 11.2 Å². The van der Waals surface area contributed by atoms with E-state index in [1.807, 2.05) is 0 Å². The van der Waals surface area contributed by atoms with Gasteiger partial charge in [-0.05, 0) is 0 Å². The van der Waals surface area contributed by atoms with Gasteiger partial charge in [-0.3, -0.25) is 0 Å². The quantitative estimate of drug-likeness (QED) is 0.275. The van der Waals surface area contributed by atoms with E-state index in [-0.39, 0.29) is 59.1 Å². The van der Waals surface area contributed by atoms with Gasteiger partial charge in [0.25, 0.3) is 0 Å². The van der Waals surface area contributed by atoms with Crippen LogP contribution in [0.25, 0.3) is 0 Å². The smallest absolute Gasteiger partial charge is 0.784 e. The maximum Gasteiger partial charge on any atom is 1.00 e. The molecule has 0 bridgehead atoms. The Kier molecular flexibility index (Phi) is 18.1. The van der Waals surface area contributed by atoms with E-state index in [1.54, 1.807) is 0 Å². The van der Waals surface area contributed by atoms with Gasteiger partial charge in [-0.1, -0.05) is 6.92 Å². The molecule has 0 aliphatic carbocycles. The second-order valence-electron chi connectivity index (χ2n) is 0.961. The summed E-state index contributed by atoms with van der Waals surface area (Å²) in [7, 11) is 0. The SMILES string of the molecule is C[C@@H]([S-])C(=O)[O-].[Na+].[Na+]. The summed E-state index contributed by atoms with van der Waals surface area (Å²) in [5.74, 6) is -1.18. The van der Waals surface area contributed by atoms with Crippen LogP contribution in [0.4, 0.5) is 0 Å². The summed E-state index contributed by atoms with van der Waals surface area (Å²) in [6, 6.07) is 0. The van der Waals surface area contributed by atoms with Crippen LogP contribution in [0.2, 0.25) is 0 Å². The van der Waals surface area contributed by atoms with Crippen molar-refractivity contribution < 1.29 is 69.0 Å². The number of aliphatic carboxylic acids is 1. The number of carbonyl (C=O) groups excluding carboxylic acids is 1. The predicted molar refractivity (Wildman–Crippen MR) is 21.8 cm³/mol. The average molecular weight is 150 g/mol. The van der Waals surface area contributed by atoms with E-state index >= 15 is 0 Å². The molecule has 0 radical (unpaired) electrons. The summed E-state index contributed by atoms with van der Waals surface area (Å²) in [5.41, 5.74) is 0. The first-order valence-electron chi connectivity index (χ1n) is 1.51. The van der Waals surface area contributed by atoms with Gasteiger partial charge in [0.2, 0.25) is 0 Å². The molecule has 0 amide bonds. The fourth-order valence-electron chi connectivity index (χ4n) is 0. The Morgan fingerprint density at radius 2 is 1.75 bits per heavy atom. The van der Waals surface area contributed by atoms with Crippen LogP contribution in [0.1, 0.15) is 6.92 Å². The van der Waals surface area contributed by atoms with Crippen molar-refractivity contribution in [3.63, 3.8) is 0 Å². The Balaban J connectivity index is -0.000000125. The molecule has 0 fully saturated rings. The number of hydrogen-bond donors (Lipinski definition) is 0. The van der Waals surface area contributed by atoms with Gasteiger partial charge >= 0.3 is 59.1 Å². The normalized spacial score (nSPS) is 10.2. The van der Waals surface area contributed by atoms with Crippen LogP contribution in [0.3, 0.4) is 0 Å². The first-order chi connectivity index (χ1) is 2.64. The Labute approximate surface area is 98.4 Å². The molecule has 0 N–H and O–H groups in total. The van der Waals surface area contributed by atoms with Gasteiger partial charge < -0.3 is 22.5 Å². The van der Waals surface area contributed by atoms with Gasteiger partial charge in [0.05, 0.1) is 0 Å². The van der Waals surface area contributed by atoms with Crippen molar-refractivity contribution in [2.75, 3.05) is 0 Å². The Morgan fingerprint density at radius 1 is 1.62 bits per heavy atom. The molecule has 0 aliphatic rings. The first kappa shape index (κ1) is 16.4. The maximum atomic E-state index is 9.48. The zero-order valence-corrected chi connectivity index (χ0v) is 10.1. The van der Waals surface area contributed by atoms with Crippen molar-refractivity contribution in [2.24, 2.45) is 0 Å². The summed E-state index contributed by atoms with van der Waals surface area (Å²) in [5, 5.41) is 8.72. The molecule has 1 atom stereocenters. The predicted octanol–water partition coefficient (Wildman–Crippen LogP) is -7.32. The molecule has 0 saturated carbocycles. The first-order valence-corrected chi connectivity index (χ1v) is 1.98. The topological polar surface area (TPSA) is 40.1 Å². The van der Waals surface area contributed by atoms with E-state index in [0.29, 0.717) is 0 Å². The molecule has 0 aliphatic heterocycles. The zero-order chi connectivity index (χ0) is 5.15. The molecular formula is C3H4Na2O2S. The van der Waals surface area contributed by atoms with Crippen LogP contribution in [0.5, 0.6) is 0 Å². The fourth-order valence-corrected chi connectivity index (χ4v) is 0. The van der Waals surface area contributed by atoms with Crippen molar-refractivity contribution in [3.8, 4) is 0 Å². The van der Waals surface area contributed by atoms with Crippen molar-refractivity contribution in [1.82, 2.24) is 0 Å². The van der Waals surface area contributed by atoms with Crippen molar-refractivity contribution >= 4 is 18.6 Å². The Bertz CT molecular complexity index is 66.3. The molecule has 0 aromatic heterocycles. The number of rotatable bonds is 1. The Hall–Kier alpha value is 1.82. The molecule has 8 heavy (non-hydrogen) atoms. The third-order valence-electron chi connectivity index (χ3n) is 0.332. The average Bonchev–Trinajstić information content (AvgIpc) is 1.36. The molecule has 0 heterocycles. The molecule has 5 heteroatoms. The summed E-state index contributed by atoms with van der Waals surface area (Å²) < 4.78 is 0. The minimum absolute atomic E-state index is 0. The summed E-state index contributed by atoms with van der Waals surface area (Å²) >= 11 is 4.24. The van der Waals surface area contributed by atoms with Gasteiger partial charge in [-0.25, -0.2) is 0 Å². The van der Waals surface area contributed by atoms with Crippen LogP contribution in [0.15, 0.2) is 0 Å². The molecule has 36 valence electrons. The van der Waals surface area contributed by atoms with Crippen LogP contribution < -0.4 is 64.2 Å². The molecule has 0 aromatic carbocycles. The monoisotopic (exact) mass is 150 g/mol. The van der Waals surface area contributed by atoms with Crippen LogP contribution in [0, 0.1) is 0 Å². The van der Waals surface area contributed by atoms with Gasteiger partial charge in [0, 0.05) is 5.97 Å². The van der Waals surface area contributed by atoms with Crippen molar-refractivity contribution in [3.05, 3.63) is 0 Å². The minimum atomic E-state index is -1.18. The second kappa shape index (κ2) is 8.82. The van der Waals surface area contributed by atoms with Gasteiger partial charge in [-0.2, -0.15) is 0 Å². The van der Waals surface area contributed by atoms with E-state index in [0.717, 1.165) is 0 Å². The molecule has 0 spiro atoms. The van der Waals surface area contributed by atoms with Gasteiger partial charge in [-0.15, -0.1) is 5.25 Å². The summed E-state index contributed by atoms with van der Waals surface area (Å²) in [4.78, 5) is 9.48. The van der Waals surface area contributed by atoms with Crippen molar-refractivity contribution in [2.45, 2.75) is 12.2 Å². The fraction of sp³-hybridized carbons (Fsp3) is 0.667. The number of hydrogen-bond acceptors (Lipinski definition) is 3. The summed E-state index contributed by atoms with van der Waals surface area (Å²) in [6.07, 6.45) is 0. The van der Waals surface area contributed by atoms with Crippen LogP contribution >= 0.6 is 0 Å².